The molecule has 5 heterocycles. The Bertz CT molecular complexity index is 1400. The van der Waals surface area contributed by atoms with Gasteiger partial charge in [-0.15, -0.1) is 11.3 Å². The average molecular weight is 548 g/mol. The van der Waals surface area contributed by atoms with Gasteiger partial charge in [-0.05, 0) is 45.7 Å². The van der Waals surface area contributed by atoms with Gasteiger partial charge in [-0.3, -0.25) is 0 Å². The number of aromatic nitrogens is 3. The van der Waals surface area contributed by atoms with Crippen LogP contribution in [0.1, 0.15) is 61.4 Å². The first-order valence-electron chi connectivity index (χ1n) is 13.9. The third kappa shape index (κ3) is 4.64. The highest BCUT2D eigenvalue weighted by molar-refractivity contribution is 7.16. The van der Waals surface area contributed by atoms with Crippen molar-refractivity contribution in [1.82, 2.24) is 25.3 Å². The molecule has 2 saturated heterocycles. The zero-order valence-corrected chi connectivity index (χ0v) is 24.0. The van der Waals surface area contributed by atoms with Crippen molar-refractivity contribution in [3.8, 4) is 17.6 Å². The summed E-state index contributed by atoms with van der Waals surface area (Å²) >= 11 is 1.52. The average Bonchev–Trinajstić information content (AvgIpc) is 3.57. The molecule has 0 aromatic carbocycles. The van der Waals surface area contributed by atoms with Crippen molar-refractivity contribution in [2.24, 2.45) is 0 Å². The lowest BCUT2D eigenvalue weighted by atomic mass is 9.69. The predicted molar refractivity (Wildman–Crippen MR) is 154 cm³/mol. The first-order chi connectivity index (χ1) is 18.8. The minimum absolute atomic E-state index is 0.343. The molecule has 1 aliphatic carbocycles. The van der Waals surface area contributed by atoms with Crippen LogP contribution in [0.3, 0.4) is 0 Å². The highest BCUT2D eigenvalue weighted by Gasteiger charge is 2.45. The molecule has 10 nitrogen and oxygen atoms in total. The second-order valence-corrected chi connectivity index (χ2v) is 12.6. The summed E-state index contributed by atoms with van der Waals surface area (Å²) in [6.07, 6.45) is 1.78. The topological polar surface area (TPSA) is 123 Å². The number of hydrogen-bond donors (Lipinski definition) is 2. The van der Waals surface area contributed by atoms with Crippen LogP contribution in [0.15, 0.2) is 16.7 Å². The summed E-state index contributed by atoms with van der Waals surface area (Å²) in [6, 6.07) is 7.05. The number of anilines is 3. The minimum atomic E-state index is -0.571. The molecule has 6 rings (SSSR count). The van der Waals surface area contributed by atoms with Crippen molar-refractivity contribution in [1.29, 1.82) is 5.26 Å². The van der Waals surface area contributed by atoms with E-state index in [1.54, 1.807) is 0 Å². The molecule has 3 unspecified atom stereocenters. The maximum absolute atomic E-state index is 9.94. The van der Waals surface area contributed by atoms with E-state index < -0.39 is 5.41 Å². The van der Waals surface area contributed by atoms with E-state index in [9.17, 15) is 5.26 Å². The molecule has 39 heavy (non-hydrogen) atoms. The highest BCUT2D eigenvalue weighted by Crippen LogP contribution is 2.52. The van der Waals surface area contributed by atoms with Crippen LogP contribution >= 0.6 is 11.3 Å². The van der Waals surface area contributed by atoms with Crippen molar-refractivity contribution in [2.75, 3.05) is 68.4 Å². The molecule has 3 N–H and O–H groups in total. The Morgan fingerprint density at radius 1 is 1.15 bits per heavy atom. The summed E-state index contributed by atoms with van der Waals surface area (Å²) in [5.41, 5.74) is 9.06. The third-order valence-electron chi connectivity index (χ3n) is 8.64. The maximum atomic E-state index is 9.94. The summed E-state index contributed by atoms with van der Waals surface area (Å²) < 4.78 is 5.97. The van der Waals surface area contributed by atoms with Crippen LogP contribution in [0, 0.1) is 11.3 Å². The lowest BCUT2D eigenvalue weighted by Gasteiger charge is -2.36. The van der Waals surface area contributed by atoms with Crippen LogP contribution in [0.4, 0.5) is 16.5 Å². The van der Waals surface area contributed by atoms with Crippen molar-refractivity contribution in [3.63, 3.8) is 0 Å². The fourth-order valence-electron chi connectivity index (χ4n) is 6.16. The number of pyridine rings is 1. The van der Waals surface area contributed by atoms with Crippen molar-refractivity contribution in [2.45, 2.75) is 51.0 Å². The van der Waals surface area contributed by atoms with Gasteiger partial charge in [0.15, 0.2) is 0 Å². The molecule has 0 saturated carbocycles. The van der Waals surface area contributed by atoms with Gasteiger partial charge in [-0.1, -0.05) is 12.1 Å². The summed E-state index contributed by atoms with van der Waals surface area (Å²) in [5, 5.41) is 18.5. The molecule has 2 aliphatic heterocycles. The predicted octanol–water partition coefficient (Wildman–Crippen LogP) is 3.40. The van der Waals surface area contributed by atoms with Crippen LogP contribution in [-0.2, 0) is 5.41 Å². The SMILES string of the molecule is CC1CN(c2cc(-c3noc(C4(C)CCC(C)c5sc(N)c(C#N)c54)n3)nc(N3CCN(C)CC3)c2)CCN1. The van der Waals surface area contributed by atoms with Gasteiger partial charge in [-0.2, -0.15) is 10.2 Å². The number of nitrogens with two attached hydrogens (primary N) is 1. The van der Waals surface area contributed by atoms with Crippen LogP contribution in [0.2, 0.25) is 0 Å². The Balaban J connectivity index is 1.40. The van der Waals surface area contributed by atoms with E-state index in [1.165, 1.54) is 11.3 Å². The van der Waals surface area contributed by atoms with Crippen LogP contribution < -0.4 is 20.9 Å². The molecular formula is C28H37N9OS. The van der Waals surface area contributed by atoms with E-state index >= 15 is 0 Å². The standard InChI is InChI=1S/C28H37N9OS/c1-17-5-6-28(3,23-20(15-29)25(30)39-24(17)23)27-33-26(34-38-27)21-13-19(37-8-7-31-18(2)16-37)14-22(32-21)36-11-9-35(4)10-12-36/h13-14,17-18,31H,5-12,16,30H2,1-4H3. The number of likely N-dealkylation sites (N-methyl/N-ethyl adjacent to an activating group) is 1. The number of rotatable bonds is 4. The fraction of sp³-hybridized carbons (Fsp3) is 0.571. The molecule has 206 valence electrons. The molecule has 0 bridgehead atoms. The zero-order chi connectivity index (χ0) is 27.3. The van der Waals surface area contributed by atoms with Gasteiger partial charge < -0.3 is 30.3 Å². The van der Waals surface area contributed by atoms with Crippen molar-refractivity contribution < 1.29 is 4.52 Å². The van der Waals surface area contributed by atoms with Crippen LogP contribution in [0.25, 0.3) is 11.5 Å². The number of thiophene rings is 1. The van der Waals surface area contributed by atoms with E-state index in [0.29, 0.717) is 39.9 Å². The lowest BCUT2D eigenvalue weighted by Crippen LogP contribution is -2.49. The quantitative estimate of drug-likeness (QED) is 0.502. The highest BCUT2D eigenvalue weighted by atomic mass is 32.1. The Kier molecular flexibility index (Phi) is 6.73. The molecule has 3 aromatic heterocycles. The number of nitrogen functional groups attached to an aromatic ring is 1. The van der Waals surface area contributed by atoms with Gasteiger partial charge in [-0.25, -0.2) is 4.98 Å². The number of nitriles is 1. The summed E-state index contributed by atoms with van der Waals surface area (Å²) in [5.74, 6) is 2.29. The number of fused-ring (bicyclic) bond motifs is 1. The van der Waals surface area contributed by atoms with Gasteiger partial charge >= 0.3 is 0 Å². The van der Waals surface area contributed by atoms with Crippen LogP contribution in [0.5, 0.6) is 0 Å². The Hall–Kier alpha value is -3.20. The number of hydrogen-bond acceptors (Lipinski definition) is 11. The summed E-state index contributed by atoms with van der Waals surface area (Å²) in [6.45, 7) is 13.2. The molecule has 0 amide bonds. The van der Waals surface area contributed by atoms with Gasteiger partial charge in [0.2, 0.25) is 11.7 Å². The Morgan fingerprint density at radius 3 is 2.69 bits per heavy atom. The molecule has 11 heteroatoms. The van der Waals surface area contributed by atoms with E-state index in [1.807, 2.05) is 0 Å². The Morgan fingerprint density at radius 2 is 1.95 bits per heavy atom. The molecular weight excluding hydrogens is 510 g/mol. The fourth-order valence-corrected chi connectivity index (χ4v) is 7.40. The van der Waals surface area contributed by atoms with Crippen molar-refractivity contribution in [3.05, 3.63) is 34.0 Å². The normalized spacial score (nSPS) is 25.9. The minimum Gasteiger partial charge on any atom is -0.389 e. The zero-order valence-electron chi connectivity index (χ0n) is 23.2. The van der Waals surface area contributed by atoms with Gasteiger partial charge in [0.1, 0.15) is 22.6 Å². The monoisotopic (exact) mass is 547 g/mol. The molecule has 3 atom stereocenters. The van der Waals surface area contributed by atoms with Gasteiger partial charge in [0.05, 0.1) is 11.0 Å². The molecule has 0 radical (unpaired) electrons. The lowest BCUT2D eigenvalue weighted by molar-refractivity contribution is 0.294. The molecule has 3 aromatic rings. The van der Waals surface area contributed by atoms with E-state index in [0.717, 1.165) is 80.6 Å². The summed E-state index contributed by atoms with van der Waals surface area (Å²) in [7, 11) is 2.16. The second kappa shape index (κ2) is 10.1. The molecule has 3 aliphatic rings. The Labute approximate surface area is 233 Å². The number of nitrogens with zero attached hydrogens (tertiary/aromatic N) is 7. The first kappa shape index (κ1) is 26.0. The third-order valence-corrected chi connectivity index (χ3v) is 9.89. The van der Waals surface area contributed by atoms with Crippen molar-refractivity contribution >= 4 is 27.8 Å². The molecule has 0 spiro atoms. The molecule has 2 fully saturated rings. The smallest absolute Gasteiger partial charge is 0.237 e. The van der Waals surface area contributed by atoms with E-state index in [4.69, 9.17) is 20.2 Å². The first-order valence-corrected chi connectivity index (χ1v) is 14.7. The van der Waals surface area contributed by atoms with Gasteiger partial charge in [0.25, 0.3) is 0 Å². The van der Waals surface area contributed by atoms with Gasteiger partial charge in [0, 0.05) is 74.0 Å². The summed E-state index contributed by atoms with van der Waals surface area (Å²) in [4.78, 5) is 18.3. The largest absolute Gasteiger partial charge is 0.389 e. The number of piperazine rings is 2. The van der Waals surface area contributed by atoms with E-state index in [-0.39, 0.29) is 0 Å². The van der Waals surface area contributed by atoms with E-state index in [2.05, 4.69) is 71.2 Å². The number of nitrogens with one attached hydrogen (secondary N) is 1. The second-order valence-electron chi connectivity index (χ2n) is 11.5. The van der Waals surface area contributed by atoms with Crippen LogP contribution in [-0.4, -0.2) is 78.9 Å². The maximum Gasteiger partial charge on any atom is 0.237 e.